The van der Waals surface area contributed by atoms with Crippen molar-refractivity contribution in [2.45, 2.75) is 50.6 Å². The summed E-state index contributed by atoms with van der Waals surface area (Å²) in [5.74, 6) is 0.344. The summed E-state index contributed by atoms with van der Waals surface area (Å²) < 4.78 is 35.8. The number of hydrogen-bond donors (Lipinski definition) is 1. The quantitative estimate of drug-likeness (QED) is 0.108. The number of carbonyl (C=O) groups excluding carboxylic acids is 2. The Bertz CT molecular complexity index is 1920. The van der Waals surface area contributed by atoms with Crippen LogP contribution in [0.25, 0.3) is 0 Å². The first-order valence-electron chi connectivity index (χ1n) is 16.8. The summed E-state index contributed by atoms with van der Waals surface area (Å²) in [5.41, 5.74) is 2.88. The summed E-state index contributed by atoms with van der Waals surface area (Å²) in [7, 11) is -4.22. The average molecular weight is 690 g/mol. The first kappa shape index (κ1) is 35.9. The molecule has 0 radical (unpaired) electrons. The number of ether oxygens (including phenoxy) is 1. The fourth-order valence-corrected chi connectivity index (χ4v) is 6.93. The van der Waals surface area contributed by atoms with E-state index >= 15 is 0 Å². The second-order valence-corrected chi connectivity index (χ2v) is 14.0. The normalized spacial score (nSPS) is 11.7. The predicted molar refractivity (Wildman–Crippen MR) is 198 cm³/mol. The molecule has 1 atom stereocenters. The van der Waals surface area contributed by atoms with E-state index in [0.717, 1.165) is 33.8 Å². The summed E-state index contributed by atoms with van der Waals surface area (Å²) in [4.78, 5) is 30.1. The molecular weight excluding hydrogens is 647 g/mol. The molecule has 0 fully saturated rings. The lowest BCUT2D eigenvalue weighted by atomic mass is 10.0. The second-order valence-electron chi connectivity index (χ2n) is 12.1. The Hall–Kier alpha value is -5.41. The number of unbranched alkanes of at least 4 members (excludes halogenated alkanes) is 1. The number of rotatable bonds is 16. The van der Waals surface area contributed by atoms with Gasteiger partial charge in [0.25, 0.3) is 10.0 Å². The molecule has 0 spiro atoms. The van der Waals surface area contributed by atoms with E-state index in [0.29, 0.717) is 18.0 Å². The smallest absolute Gasteiger partial charge is 0.264 e. The highest BCUT2D eigenvalue weighted by Gasteiger charge is 2.34. The van der Waals surface area contributed by atoms with Gasteiger partial charge < -0.3 is 15.0 Å². The zero-order valence-corrected chi connectivity index (χ0v) is 29.3. The Kier molecular flexibility index (Phi) is 12.4. The van der Waals surface area contributed by atoms with Crippen LogP contribution in [0.3, 0.4) is 0 Å². The first-order valence-corrected chi connectivity index (χ1v) is 18.3. The van der Waals surface area contributed by atoms with Gasteiger partial charge in [0, 0.05) is 19.5 Å². The molecule has 5 rings (SSSR count). The van der Waals surface area contributed by atoms with Crippen LogP contribution in [0.1, 0.15) is 36.5 Å². The van der Waals surface area contributed by atoms with Crippen LogP contribution in [0, 0.1) is 6.92 Å². The molecule has 0 saturated carbocycles. The standard InChI is InChI=1S/C41H43N3O5S/c1-3-4-28-42-41(46)39(29-33-14-8-5-9-15-33)43(30-34-16-10-6-11-17-34)40(45)31-44(50(47,48)38-26-20-32(2)21-27-38)35-22-24-37(25-23-35)49-36-18-12-7-13-19-36/h5-27,39H,3-4,28-31H2,1-2H3,(H,42,46). The molecular formula is C41H43N3O5S. The maximum absolute atomic E-state index is 14.7. The number of sulfonamides is 1. The molecule has 2 amide bonds. The molecule has 0 aromatic heterocycles. The zero-order valence-electron chi connectivity index (χ0n) is 28.4. The van der Waals surface area contributed by atoms with Gasteiger partial charge in [0.05, 0.1) is 10.6 Å². The van der Waals surface area contributed by atoms with Crippen molar-refractivity contribution in [1.29, 1.82) is 0 Å². The summed E-state index contributed by atoms with van der Waals surface area (Å²) in [6.45, 7) is 3.97. The summed E-state index contributed by atoms with van der Waals surface area (Å²) in [6, 6.07) is 40.4. The van der Waals surface area contributed by atoms with Crippen LogP contribution in [0.2, 0.25) is 0 Å². The van der Waals surface area contributed by atoms with Gasteiger partial charge in [0.15, 0.2) is 0 Å². The molecule has 8 nitrogen and oxygen atoms in total. The van der Waals surface area contributed by atoms with Gasteiger partial charge in [-0.15, -0.1) is 0 Å². The lowest BCUT2D eigenvalue weighted by molar-refractivity contribution is -0.140. The molecule has 1 unspecified atom stereocenters. The largest absolute Gasteiger partial charge is 0.457 e. The van der Waals surface area contributed by atoms with Crippen LogP contribution in [0.5, 0.6) is 11.5 Å². The van der Waals surface area contributed by atoms with Crippen molar-refractivity contribution in [3.05, 3.63) is 156 Å². The van der Waals surface area contributed by atoms with E-state index in [4.69, 9.17) is 4.74 Å². The number of anilines is 1. The lowest BCUT2D eigenvalue weighted by Gasteiger charge is -2.34. The van der Waals surface area contributed by atoms with E-state index in [1.165, 1.54) is 17.0 Å². The minimum absolute atomic E-state index is 0.0493. The third kappa shape index (κ3) is 9.60. The van der Waals surface area contributed by atoms with E-state index in [-0.39, 0.29) is 29.5 Å². The van der Waals surface area contributed by atoms with Crippen LogP contribution in [-0.2, 0) is 32.6 Å². The molecule has 9 heteroatoms. The van der Waals surface area contributed by atoms with Crippen molar-refractivity contribution in [1.82, 2.24) is 10.2 Å². The van der Waals surface area contributed by atoms with Crippen LogP contribution < -0.4 is 14.4 Å². The molecule has 1 N–H and O–H groups in total. The fraction of sp³-hybridized carbons (Fsp3) is 0.220. The molecule has 258 valence electrons. The van der Waals surface area contributed by atoms with E-state index in [9.17, 15) is 18.0 Å². The van der Waals surface area contributed by atoms with Crippen molar-refractivity contribution in [3.63, 3.8) is 0 Å². The molecule has 0 aliphatic heterocycles. The van der Waals surface area contributed by atoms with Gasteiger partial charge >= 0.3 is 0 Å². The first-order chi connectivity index (χ1) is 24.2. The number of benzene rings is 5. The lowest BCUT2D eigenvalue weighted by Crippen LogP contribution is -2.53. The third-order valence-corrected chi connectivity index (χ3v) is 10.1. The van der Waals surface area contributed by atoms with Crippen molar-refractivity contribution < 1.29 is 22.7 Å². The molecule has 5 aromatic rings. The monoisotopic (exact) mass is 689 g/mol. The van der Waals surface area contributed by atoms with Crippen molar-refractivity contribution in [2.24, 2.45) is 0 Å². The highest BCUT2D eigenvalue weighted by Crippen LogP contribution is 2.29. The third-order valence-electron chi connectivity index (χ3n) is 8.29. The average Bonchev–Trinajstić information content (AvgIpc) is 3.14. The molecule has 0 saturated heterocycles. The van der Waals surface area contributed by atoms with Gasteiger partial charge in [-0.2, -0.15) is 0 Å². The van der Waals surface area contributed by atoms with E-state index in [1.807, 2.05) is 105 Å². The summed E-state index contributed by atoms with van der Waals surface area (Å²) >= 11 is 0. The highest BCUT2D eigenvalue weighted by atomic mass is 32.2. The van der Waals surface area contributed by atoms with E-state index in [2.05, 4.69) is 5.32 Å². The van der Waals surface area contributed by atoms with Crippen molar-refractivity contribution in [3.8, 4) is 11.5 Å². The number of nitrogens with zero attached hydrogens (tertiary/aromatic N) is 2. The molecule has 0 bridgehead atoms. The molecule has 50 heavy (non-hydrogen) atoms. The Labute approximate surface area is 295 Å². The van der Waals surface area contributed by atoms with Gasteiger partial charge in [-0.05, 0) is 73.0 Å². The summed E-state index contributed by atoms with van der Waals surface area (Å²) in [6.07, 6.45) is 1.95. The van der Waals surface area contributed by atoms with Crippen molar-refractivity contribution in [2.75, 3.05) is 17.4 Å². The molecule has 0 aliphatic carbocycles. The maximum atomic E-state index is 14.7. The van der Waals surface area contributed by atoms with Crippen LogP contribution in [0.15, 0.2) is 144 Å². The summed E-state index contributed by atoms with van der Waals surface area (Å²) in [5, 5.41) is 3.02. The SMILES string of the molecule is CCCCNC(=O)C(Cc1ccccc1)N(Cc1ccccc1)C(=O)CN(c1ccc(Oc2ccccc2)cc1)S(=O)(=O)c1ccc(C)cc1. The van der Waals surface area contributed by atoms with Crippen molar-refractivity contribution >= 4 is 27.5 Å². The minimum atomic E-state index is -4.22. The number of amides is 2. The van der Waals surface area contributed by atoms with Gasteiger partial charge in [-0.3, -0.25) is 13.9 Å². The van der Waals surface area contributed by atoms with Crippen LogP contribution in [-0.4, -0.2) is 44.3 Å². The van der Waals surface area contributed by atoms with Gasteiger partial charge in [0.1, 0.15) is 24.1 Å². The molecule has 5 aromatic carbocycles. The van der Waals surface area contributed by atoms with Gasteiger partial charge in [-0.25, -0.2) is 8.42 Å². The number of aryl methyl sites for hydroxylation is 1. The number of carbonyl (C=O) groups is 2. The number of para-hydroxylation sites is 1. The molecule has 0 heterocycles. The Balaban J connectivity index is 1.53. The predicted octanol–water partition coefficient (Wildman–Crippen LogP) is 7.54. The Morgan fingerprint density at radius 3 is 1.88 bits per heavy atom. The van der Waals surface area contributed by atoms with E-state index in [1.54, 1.807) is 36.4 Å². The zero-order chi connectivity index (χ0) is 35.3. The second kappa shape index (κ2) is 17.3. The number of hydrogen-bond acceptors (Lipinski definition) is 5. The Morgan fingerprint density at radius 1 is 0.720 bits per heavy atom. The number of nitrogens with one attached hydrogen (secondary N) is 1. The highest BCUT2D eigenvalue weighted by molar-refractivity contribution is 7.92. The van der Waals surface area contributed by atoms with Crippen LogP contribution >= 0.6 is 0 Å². The van der Waals surface area contributed by atoms with Gasteiger partial charge in [0.2, 0.25) is 11.8 Å². The van der Waals surface area contributed by atoms with E-state index < -0.39 is 28.5 Å². The molecule has 0 aliphatic rings. The van der Waals surface area contributed by atoms with Gasteiger partial charge in [-0.1, -0.05) is 110 Å². The van der Waals surface area contributed by atoms with Crippen LogP contribution in [0.4, 0.5) is 5.69 Å². The Morgan fingerprint density at radius 2 is 1.28 bits per heavy atom. The fourth-order valence-electron chi connectivity index (χ4n) is 5.51. The maximum Gasteiger partial charge on any atom is 0.264 e. The topological polar surface area (TPSA) is 96.0 Å². The minimum Gasteiger partial charge on any atom is -0.457 e.